The second kappa shape index (κ2) is 8.46. The fourth-order valence-electron chi connectivity index (χ4n) is 3.77. The molecule has 3 aromatic rings. The topological polar surface area (TPSA) is 48.3 Å². The standard InChI is InChI=1S/C20H24N4OS2/c1-15-21-18(13-27-15)12-19-22-24(20(26)25-19)14-23-9-7-17(8-10-23)11-16-5-3-2-4-6-16/h2-6,13,17H,7-12,14H2,1H3/p+1. The van der Waals surface area contributed by atoms with Gasteiger partial charge in [-0.3, -0.25) is 0 Å². The molecule has 5 nitrogen and oxygen atoms in total. The van der Waals surface area contributed by atoms with E-state index in [0.29, 0.717) is 17.1 Å². The molecule has 142 valence electrons. The van der Waals surface area contributed by atoms with Gasteiger partial charge in [0.15, 0.2) is 6.67 Å². The highest BCUT2D eigenvalue weighted by Crippen LogP contribution is 2.16. The molecule has 1 aliphatic rings. The summed E-state index contributed by atoms with van der Waals surface area (Å²) >= 11 is 7.02. The van der Waals surface area contributed by atoms with Gasteiger partial charge in [0.05, 0.1) is 30.2 Å². The van der Waals surface area contributed by atoms with Gasteiger partial charge in [0.25, 0.3) is 4.84 Å². The molecule has 3 heterocycles. The summed E-state index contributed by atoms with van der Waals surface area (Å²) in [5.74, 6) is 1.44. The molecule has 7 heteroatoms. The van der Waals surface area contributed by atoms with Gasteiger partial charge in [-0.1, -0.05) is 30.3 Å². The number of likely N-dealkylation sites (tertiary alicyclic amines) is 1. The third kappa shape index (κ3) is 4.91. The van der Waals surface area contributed by atoms with E-state index in [1.165, 1.54) is 29.7 Å². The summed E-state index contributed by atoms with van der Waals surface area (Å²) in [6.45, 7) is 5.11. The third-order valence-electron chi connectivity index (χ3n) is 5.20. The van der Waals surface area contributed by atoms with Crippen molar-refractivity contribution in [3.8, 4) is 0 Å². The van der Waals surface area contributed by atoms with E-state index in [9.17, 15) is 0 Å². The van der Waals surface area contributed by atoms with Crippen molar-refractivity contribution in [3.05, 3.63) is 62.7 Å². The van der Waals surface area contributed by atoms with Crippen LogP contribution in [0.2, 0.25) is 0 Å². The highest BCUT2D eigenvalue weighted by atomic mass is 32.1. The van der Waals surface area contributed by atoms with Crippen LogP contribution in [0.5, 0.6) is 0 Å². The van der Waals surface area contributed by atoms with Gasteiger partial charge in [-0.05, 0) is 49.9 Å². The van der Waals surface area contributed by atoms with E-state index in [-0.39, 0.29) is 0 Å². The lowest BCUT2D eigenvalue weighted by Crippen LogP contribution is -3.12. The Labute approximate surface area is 168 Å². The average Bonchev–Trinajstić information content (AvgIpc) is 3.23. The molecule has 0 radical (unpaired) electrons. The van der Waals surface area contributed by atoms with Crippen molar-refractivity contribution >= 4 is 23.6 Å². The predicted molar refractivity (Wildman–Crippen MR) is 109 cm³/mol. The summed E-state index contributed by atoms with van der Waals surface area (Å²) in [4.78, 5) is 6.47. The fourth-order valence-corrected chi connectivity index (χ4v) is 4.59. The van der Waals surface area contributed by atoms with Gasteiger partial charge in [0.1, 0.15) is 0 Å². The van der Waals surface area contributed by atoms with E-state index in [0.717, 1.165) is 36.4 Å². The first-order chi connectivity index (χ1) is 13.2. The second-order valence-corrected chi connectivity index (χ2v) is 8.75. The number of rotatable bonds is 6. The number of quaternary nitrogens is 1. The first-order valence-electron chi connectivity index (χ1n) is 9.51. The zero-order chi connectivity index (χ0) is 18.6. The number of hydrogen-bond donors (Lipinski definition) is 1. The summed E-state index contributed by atoms with van der Waals surface area (Å²) in [7, 11) is 0. The molecule has 1 aromatic carbocycles. The van der Waals surface area contributed by atoms with Crippen LogP contribution in [-0.4, -0.2) is 27.9 Å². The Hall–Kier alpha value is -1.83. The highest BCUT2D eigenvalue weighted by molar-refractivity contribution is 7.71. The van der Waals surface area contributed by atoms with E-state index >= 15 is 0 Å². The molecule has 0 aliphatic carbocycles. The number of thiazole rings is 1. The average molecular weight is 402 g/mol. The maximum atomic E-state index is 5.69. The number of hydrogen-bond acceptors (Lipinski definition) is 5. The highest BCUT2D eigenvalue weighted by Gasteiger charge is 2.23. The molecule has 2 aromatic heterocycles. The van der Waals surface area contributed by atoms with Crippen molar-refractivity contribution in [3.63, 3.8) is 0 Å². The summed E-state index contributed by atoms with van der Waals surface area (Å²) in [5.41, 5.74) is 2.45. The van der Waals surface area contributed by atoms with Crippen LogP contribution < -0.4 is 4.90 Å². The molecule has 0 bridgehead atoms. The minimum absolute atomic E-state index is 0.468. The number of nitrogens with one attached hydrogen (secondary N) is 1. The van der Waals surface area contributed by atoms with E-state index in [1.54, 1.807) is 11.3 Å². The minimum Gasteiger partial charge on any atom is -0.413 e. The van der Waals surface area contributed by atoms with Crippen LogP contribution in [-0.2, 0) is 19.5 Å². The predicted octanol–water partition coefficient (Wildman–Crippen LogP) is 3.06. The van der Waals surface area contributed by atoms with Gasteiger partial charge in [-0.15, -0.1) is 16.4 Å². The Morgan fingerprint density at radius 3 is 2.74 bits per heavy atom. The number of aryl methyl sites for hydroxylation is 1. The molecular weight excluding hydrogens is 376 g/mol. The Morgan fingerprint density at radius 1 is 1.26 bits per heavy atom. The van der Waals surface area contributed by atoms with E-state index in [2.05, 4.69) is 45.8 Å². The quantitative estimate of drug-likeness (QED) is 0.645. The zero-order valence-electron chi connectivity index (χ0n) is 15.6. The molecule has 0 unspecified atom stereocenters. The molecule has 0 amide bonds. The zero-order valence-corrected chi connectivity index (χ0v) is 17.2. The number of piperidine rings is 1. The van der Waals surface area contributed by atoms with Crippen LogP contribution in [0.3, 0.4) is 0 Å². The molecule has 0 spiro atoms. The van der Waals surface area contributed by atoms with E-state index in [4.69, 9.17) is 16.6 Å². The van der Waals surface area contributed by atoms with Crippen molar-refractivity contribution < 1.29 is 9.32 Å². The molecule has 27 heavy (non-hydrogen) atoms. The molecule has 1 aliphatic heterocycles. The van der Waals surface area contributed by atoms with Crippen molar-refractivity contribution in [2.75, 3.05) is 13.1 Å². The molecule has 0 atom stereocenters. The third-order valence-corrected chi connectivity index (χ3v) is 6.32. The number of aromatic nitrogens is 3. The Morgan fingerprint density at radius 2 is 2.04 bits per heavy atom. The number of benzene rings is 1. The largest absolute Gasteiger partial charge is 0.413 e. The van der Waals surface area contributed by atoms with Crippen LogP contribution in [0.15, 0.2) is 40.1 Å². The van der Waals surface area contributed by atoms with Crippen molar-refractivity contribution in [2.24, 2.45) is 5.92 Å². The van der Waals surface area contributed by atoms with Crippen molar-refractivity contribution in [1.82, 2.24) is 14.8 Å². The van der Waals surface area contributed by atoms with E-state index < -0.39 is 0 Å². The Balaban J connectivity index is 1.30. The summed E-state index contributed by atoms with van der Waals surface area (Å²) < 4.78 is 7.53. The molecular formula is C20H25N4OS2+. The normalized spacial score (nSPS) is 20.0. The smallest absolute Gasteiger partial charge is 0.291 e. The second-order valence-electron chi connectivity index (χ2n) is 7.34. The summed E-state index contributed by atoms with van der Waals surface area (Å²) in [6.07, 6.45) is 4.30. The van der Waals surface area contributed by atoms with E-state index in [1.807, 2.05) is 11.6 Å². The van der Waals surface area contributed by atoms with Crippen LogP contribution in [0.1, 0.15) is 35.0 Å². The first-order valence-corrected chi connectivity index (χ1v) is 10.8. The Bertz CT molecular complexity index is 923. The molecule has 1 fully saturated rings. The molecule has 0 saturated carbocycles. The maximum absolute atomic E-state index is 5.69. The lowest BCUT2D eigenvalue weighted by molar-refractivity contribution is -0.929. The lowest BCUT2D eigenvalue weighted by Gasteiger charge is -2.28. The Kier molecular flexibility index (Phi) is 5.80. The van der Waals surface area contributed by atoms with Gasteiger partial charge in [0.2, 0.25) is 5.89 Å². The van der Waals surface area contributed by atoms with Crippen molar-refractivity contribution in [2.45, 2.75) is 39.3 Å². The van der Waals surface area contributed by atoms with Gasteiger partial charge in [-0.25, -0.2) is 4.98 Å². The lowest BCUT2D eigenvalue weighted by atomic mass is 9.90. The maximum Gasteiger partial charge on any atom is 0.291 e. The molecule has 1 N–H and O–H groups in total. The van der Waals surface area contributed by atoms with Crippen LogP contribution in [0, 0.1) is 17.7 Å². The number of nitrogens with zero attached hydrogens (tertiary/aromatic N) is 3. The van der Waals surface area contributed by atoms with Gasteiger partial charge < -0.3 is 9.32 Å². The molecule has 4 rings (SSSR count). The van der Waals surface area contributed by atoms with Crippen LogP contribution >= 0.6 is 23.6 Å². The van der Waals surface area contributed by atoms with Gasteiger partial charge >= 0.3 is 0 Å². The monoisotopic (exact) mass is 401 g/mol. The fraction of sp³-hybridized carbons (Fsp3) is 0.450. The van der Waals surface area contributed by atoms with Crippen LogP contribution in [0.25, 0.3) is 0 Å². The first kappa shape index (κ1) is 18.5. The van der Waals surface area contributed by atoms with Crippen molar-refractivity contribution in [1.29, 1.82) is 0 Å². The SMILES string of the molecule is Cc1nc(Cc2nn(C[NH+]3CCC(Cc4ccccc4)CC3)c(=S)o2)cs1. The summed E-state index contributed by atoms with van der Waals surface area (Å²) in [5, 5.41) is 7.70. The van der Waals surface area contributed by atoms with Crippen LogP contribution in [0.4, 0.5) is 0 Å². The summed E-state index contributed by atoms with van der Waals surface area (Å²) in [6, 6.07) is 10.8. The molecule has 1 saturated heterocycles. The van der Waals surface area contributed by atoms with Gasteiger partial charge in [-0.2, -0.15) is 4.68 Å². The van der Waals surface area contributed by atoms with Gasteiger partial charge in [0, 0.05) is 5.38 Å². The minimum atomic E-state index is 0.468.